The van der Waals surface area contributed by atoms with Gasteiger partial charge in [-0.1, -0.05) is 30.4 Å². The van der Waals surface area contributed by atoms with Crippen LogP contribution < -0.4 is 0 Å². The van der Waals surface area contributed by atoms with E-state index in [2.05, 4.69) is 44.2 Å². The van der Waals surface area contributed by atoms with E-state index in [0.29, 0.717) is 0 Å². The zero-order valence-corrected chi connectivity index (χ0v) is 15.8. The number of nitrogens with zero attached hydrogens (tertiary/aromatic N) is 3. The molecule has 0 bridgehead atoms. The number of H-pyrrole nitrogens is 2. The van der Waals surface area contributed by atoms with Crippen molar-refractivity contribution in [2.45, 2.75) is 6.92 Å². The van der Waals surface area contributed by atoms with Crippen LogP contribution in [-0.4, -0.2) is 36.9 Å². The number of hydrogen-bond acceptors (Lipinski definition) is 4. The summed E-state index contributed by atoms with van der Waals surface area (Å²) in [6, 6.07) is 14.2. The maximum absolute atomic E-state index is 9.06. The van der Waals surface area contributed by atoms with E-state index in [1.54, 1.807) is 12.3 Å². The number of aliphatic hydroxyl groups excluding tert-OH is 1. The average molecular weight is 381 g/mol. The summed E-state index contributed by atoms with van der Waals surface area (Å²) >= 11 is 0. The second-order valence-corrected chi connectivity index (χ2v) is 6.92. The molecule has 0 saturated heterocycles. The third-order valence-electron chi connectivity index (χ3n) is 5.14. The number of nitrogens with one attached hydrogen (secondary N) is 2. The molecule has 0 unspecified atom stereocenters. The smallest absolute Gasteiger partial charge is 0.159 e. The third-order valence-corrected chi connectivity index (χ3v) is 5.14. The van der Waals surface area contributed by atoms with Crippen LogP contribution in [0.15, 0.2) is 60.9 Å². The van der Waals surface area contributed by atoms with Gasteiger partial charge < -0.3 is 10.1 Å². The monoisotopic (exact) mass is 381 g/mol. The number of pyridine rings is 1. The second-order valence-electron chi connectivity index (χ2n) is 6.92. The molecule has 3 N–H and O–H groups in total. The Morgan fingerprint density at radius 1 is 1.07 bits per heavy atom. The molecule has 6 heteroatoms. The van der Waals surface area contributed by atoms with Crippen molar-refractivity contribution >= 4 is 28.0 Å². The summed E-state index contributed by atoms with van der Waals surface area (Å²) in [6.07, 6.45) is 7.28. The summed E-state index contributed by atoms with van der Waals surface area (Å²) < 4.78 is 0. The summed E-state index contributed by atoms with van der Waals surface area (Å²) in [5.41, 5.74) is 7.84. The van der Waals surface area contributed by atoms with E-state index in [-0.39, 0.29) is 6.61 Å². The summed E-state index contributed by atoms with van der Waals surface area (Å²) in [7, 11) is 0. The number of fused-ring (bicyclic) bond motifs is 2. The minimum Gasteiger partial charge on any atom is -0.392 e. The minimum atomic E-state index is 0.00546. The van der Waals surface area contributed by atoms with Gasteiger partial charge in [0.2, 0.25) is 0 Å². The maximum atomic E-state index is 9.06. The first-order valence-corrected chi connectivity index (χ1v) is 9.40. The number of hydrogen-bond donors (Lipinski definition) is 3. The Bertz CT molecular complexity index is 1330. The zero-order valence-electron chi connectivity index (χ0n) is 15.8. The van der Waals surface area contributed by atoms with Crippen LogP contribution in [0.2, 0.25) is 0 Å². The fourth-order valence-corrected chi connectivity index (χ4v) is 3.61. The quantitative estimate of drug-likeness (QED) is 0.428. The number of imidazole rings is 1. The van der Waals surface area contributed by atoms with Crippen molar-refractivity contribution in [2.75, 3.05) is 6.61 Å². The highest BCUT2D eigenvalue weighted by atomic mass is 16.2. The Hall–Kier alpha value is -3.77. The molecule has 29 heavy (non-hydrogen) atoms. The van der Waals surface area contributed by atoms with Crippen molar-refractivity contribution in [1.82, 2.24) is 25.1 Å². The van der Waals surface area contributed by atoms with Gasteiger partial charge in [-0.2, -0.15) is 5.10 Å². The Morgan fingerprint density at radius 3 is 2.83 bits per heavy atom. The SMILES string of the molecule is Cc1c(C=CCO)cncc1-c1ccc2[nH]nc(-c3nc4ccccc4[nH]3)c2c1. The van der Waals surface area contributed by atoms with Gasteiger partial charge in [-0.25, -0.2) is 4.98 Å². The molecule has 6 nitrogen and oxygen atoms in total. The molecule has 0 saturated carbocycles. The molecule has 2 aromatic carbocycles. The summed E-state index contributed by atoms with van der Waals surface area (Å²) in [6.45, 7) is 2.07. The Kier molecular flexibility index (Phi) is 4.18. The van der Waals surface area contributed by atoms with Crippen LogP contribution in [0.5, 0.6) is 0 Å². The molecule has 3 heterocycles. The van der Waals surface area contributed by atoms with Crippen molar-refractivity contribution in [3.05, 3.63) is 72.1 Å². The molecule has 0 aliphatic rings. The molecule has 5 aromatic rings. The van der Waals surface area contributed by atoms with Gasteiger partial charge in [0.25, 0.3) is 0 Å². The van der Waals surface area contributed by atoms with Crippen LogP contribution in [0.4, 0.5) is 0 Å². The molecule has 0 atom stereocenters. The fraction of sp³-hybridized carbons (Fsp3) is 0.0870. The lowest BCUT2D eigenvalue weighted by Gasteiger charge is -2.09. The molecule has 3 aromatic heterocycles. The average Bonchev–Trinajstić information content (AvgIpc) is 3.36. The number of para-hydroxylation sites is 2. The summed E-state index contributed by atoms with van der Waals surface area (Å²) in [5, 5.41) is 17.7. The fourth-order valence-electron chi connectivity index (χ4n) is 3.61. The minimum absolute atomic E-state index is 0.00546. The topological polar surface area (TPSA) is 90.5 Å². The first-order chi connectivity index (χ1) is 14.2. The van der Waals surface area contributed by atoms with Crippen LogP contribution in [0.1, 0.15) is 11.1 Å². The molecule has 0 fully saturated rings. The van der Waals surface area contributed by atoms with Crippen LogP contribution in [0.3, 0.4) is 0 Å². The van der Waals surface area contributed by atoms with E-state index in [0.717, 1.165) is 55.7 Å². The maximum Gasteiger partial charge on any atom is 0.159 e. The summed E-state index contributed by atoms with van der Waals surface area (Å²) in [5.74, 6) is 0.740. The van der Waals surface area contributed by atoms with E-state index in [9.17, 15) is 0 Å². The lowest BCUT2D eigenvalue weighted by atomic mass is 9.97. The van der Waals surface area contributed by atoms with E-state index in [1.165, 1.54) is 0 Å². The van der Waals surface area contributed by atoms with Crippen LogP contribution >= 0.6 is 0 Å². The van der Waals surface area contributed by atoms with Gasteiger partial charge in [0.15, 0.2) is 5.82 Å². The first-order valence-electron chi connectivity index (χ1n) is 9.40. The van der Waals surface area contributed by atoms with E-state index < -0.39 is 0 Å². The van der Waals surface area contributed by atoms with E-state index in [4.69, 9.17) is 5.11 Å². The van der Waals surface area contributed by atoms with Crippen molar-refractivity contribution < 1.29 is 5.11 Å². The molecule has 0 radical (unpaired) electrons. The van der Waals surface area contributed by atoms with Gasteiger partial charge in [0, 0.05) is 23.3 Å². The standard InChI is InChI=1S/C23H19N5O/c1-14-16(5-4-10-29)12-24-13-18(14)15-8-9-19-17(11-15)22(28-27-19)23-25-20-6-2-3-7-21(20)26-23/h2-9,11-13,29H,10H2,1H3,(H,25,26)(H,27,28). The lowest BCUT2D eigenvalue weighted by Crippen LogP contribution is -1.90. The van der Waals surface area contributed by atoms with Crippen molar-refractivity contribution in [3.63, 3.8) is 0 Å². The molecule has 0 amide bonds. The van der Waals surface area contributed by atoms with Crippen LogP contribution in [0.25, 0.3) is 50.7 Å². The molecular formula is C23H19N5O. The van der Waals surface area contributed by atoms with Gasteiger partial charge in [-0.15, -0.1) is 0 Å². The zero-order chi connectivity index (χ0) is 19.8. The molecule has 0 aliphatic heterocycles. The van der Waals surface area contributed by atoms with Crippen molar-refractivity contribution in [1.29, 1.82) is 0 Å². The Labute approximate surface area is 167 Å². The molecular weight excluding hydrogens is 362 g/mol. The summed E-state index contributed by atoms with van der Waals surface area (Å²) in [4.78, 5) is 12.4. The highest BCUT2D eigenvalue weighted by Gasteiger charge is 2.14. The highest BCUT2D eigenvalue weighted by molar-refractivity contribution is 5.96. The highest BCUT2D eigenvalue weighted by Crippen LogP contribution is 2.32. The van der Waals surface area contributed by atoms with Gasteiger partial charge in [-0.3, -0.25) is 10.1 Å². The normalized spacial score (nSPS) is 11.8. The second kappa shape index (κ2) is 7.00. The van der Waals surface area contributed by atoms with Gasteiger partial charge in [0.05, 0.1) is 23.2 Å². The van der Waals surface area contributed by atoms with Crippen LogP contribution in [-0.2, 0) is 0 Å². The first kappa shape index (κ1) is 17.3. The van der Waals surface area contributed by atoms with E-state index in [1.807, 2.05) is 42.6 Å². The molecule has 0 spiro atoms. The van der Waals surface area contributed by atoms with Gasteiger partial charge >= 0.3 is 0 Å². The number of aromatic nitrogens is 5. The predicted octanol–water partition coefficient (Wildman–Crippen LogP) is 4.48. The predicted molar refractivity (Wildman–Crippen MR) is 115 cm³/mol. The molecule has 142 valence electrons. The third kappa shape index (κ3) is 2.99. The number of aromatic amines is 2. The lowest BCUT2D eigenvalue weighted by molar-refractivity contribution is 0.343. The molecule has 5 rings (SSSR count). The number of benzene rings is 2. The van der Waals surface area contributed by atoms with Gasteiger partial charge in [-0.05, 0) is 47.9 Å². The number of aliphatic hydroxyl groups is 1. The van der Waals surface area contributed by atoms with E-state index >= 15 is 0 Å². The van der Waals surface area contributed by atoms with Crippen LogP contribution in [0, 0.1) is 6.92 Å². The van der Waals surface area contributed by atoms with Gasteiger partial charge in [0.1, 0.15) is 5.69 Å². The molecule has 0 aliphatic carbocycles. The number of rotatable bonds is 4. The van der Waals surface area contributed by atoms with Crippen molar-refractivity contribution in [2.24, 2.45) is 0 Å². The Morgan fingerprint density at radius 2 is 1.97 bits per heavy atom. The largest absolute Gasteiger partial charge is 0.392 e. The Balaban J connectivity index is 1.65. The van der Waals surface area contributed by atoms with Crippen molar-refractivity contribution in [3.8, 4) is 22.6 Å².